The van der Waals surface area contributed by atoms with Gasteiger partial charge in [-0.15, -0.1) is 0 Å². The molecule has 3 nitrogen and oxygen atoms in total. The lowest BCUT2D eigenvalue weighted by Gasteiger charge is -2.21. The largest absolute Gasteiger partial charge is 0.469 e. The number of carbonyl (C=O) groups excluding carboxylic acids is 1. The van der Waals surface area contributed by atoms with Crippen LogP contribution in [-0.4, -0.2) is 23.4 Å². The number of furan rings is 1. The summed E-state index contributed by atoms with van der Waals surface area (Å²) in [4.78, 5) is 14.4. The van der Waals surface area contributed by atoms with E-state index in [1.54, 1.807) is 17.6 Å². The van der Waals surface area contributed by atoms with E-state index in [1.807, 2.05) is 17.0 Å². The Kier molecular flexibility index (Phi) is 3.92. The second kappa shape index (κ2) is 5.83. The molecule has 0 bridgehead atoms. The maximum absolute atomic E-state index is 12.4. The Morgan fingerprint density at radius 3 is 3.10 bits per heavy atom. The number of aryl methyl sites for hydroxylation is 1. The maximum atomic E-state index is 12.4. The summed E-state index contributed by atoms with van der Waals surface area (Å²) < 4.78 is 5.28. The second-order valence-electron chi connectivity index (χ2n) is 5.46. The van der Waals surface area contributed by atoms with Crippen LogP contribution in [0.2, 0.25) is 0 Å². The summed E-state index contributed by atoms with van der Waals surface area (Å²) in [6, 6.07) is 6.31. The third-order valence-electron chi connectivity index (χ3n) is 4.08. The SMILES string of the molecule is C[C@H]1C[C@H](c2ccsc2)CN1C(=O)CCc1ccco1. The minimum absolute atomic E-state index is 0.242. The van der Waals surface area contributed by atoms with E-state index in [2.05, 4.69) is 23.8 Å². The van der Waals surface area contributed by atoms with Crippen LogP contribution in [0.15, 0.2) is 39.6 Å². The van der Waals surface area contributed by atoms with Crippen molar-refractivity contribution in [2.45, 2.75) is 38.1 Å². The van der Waals surface area contributed by atoms with Crippen molar-refractivity contribution in [1.82, 2.24) is 4.90 Å². The van der Waals surface area contributed by atoms with Gasteiger partial charge in [-0.1, -0.05) is 0 Å². The number of likely N-dealkylation sites (tertiary alicyclic amines) is 1. The van der Waals surface area contributed by atoms with Crippen molar-refractivity contribution in [2.24, 2.45) is 0 Å². The van der Waals surface area contributed by atoms with Crippen LogP contribution in [0.4, 0.5) is 0 Å². The lowest BCUT2D eigenvalue weighted by Crippen LogP contribution is -2.34. The molecule has 1 fully saturated rings. The fraction of sp³-hybridized carbons (Fsp3) is 0.438. The zero-order valence-corrected chi connectivity index (χ0v) is 12.4. The highest BCUT2D eigenvalue weighted by Crippen LogP contribution is 2.33. The normalized spacial score (nSPS) is 22.4. The van der Waals surface area contributed by atoms with E-state index >= 15 is 0 Å². The van der Waals surface area contributed by atoms with Crippen molar-refractivity contribution in [1.29, 1.82) is 0 Å². The average Bonchev–Trinajstić information content (AvgIpc) is 3.17. The molecule has 2 atom stereocenters. The van der Waals surface area contributed by atoms with E-state index in [1.165, 1.54) is 5.56 Å². The Hall–Kier alpha value is -1.55. The molecule has 1 aliphatic heterocycles. The van der Waals surface area contributed by atoms with Gasteiger partial charge in [0.1, 0.15) is 5.76 Å². The van der Waals surface area contributed by atoms with Gasteiger partial charge in [-0.05, 0) is 47.9 Å². The van der Waals surface area contributed by atoms with E-state index in [4.69, 9.17) is 4.42 Å². The van der Waals surface area contributed by atoms with Crippen LogP contribution in [0.25, 0.3) is 0 Å². The van der Waals surface area contributed by atoms with Crippen molar-refractivity contribution in [3.05, 3.63) is 46.5 Å². The van der Waals surface area contributed by atoms with Crippen molar-refractivity contribution in [2.75, 3.05) is 6.54 Å². The van der Waals surface area contributed by atoms with E-state index in [0.717, 1.165) is 18.7 Å². The first-order chi connectivity index (χ1) is 9.74. The zero-order chi connectivity index (χ0) is 13.9. The molecule has 2 aromatic heterocycles. The van der Waals surface area contributed by atoms with E-state index in [-0.39, 0.29) is 5.91 Å². The van der Waals surface area contributed by atoms with Crippen LogP contribution in [0, 0.1) is 0 Å². The first kappa shape index (κ1) is 13.4. The maximum Gasteiger partial charge on any atom is 0.223 e. The second-order valence-corrected chi connectivity index (χ2v) is 6.24. The molecule has 2 aromatic rings. The Morgan fingerprint density at radius 1 is 1.50 bits per heavy atom. The molecule has 3 rings (SSSR count). The minimum atomic E-state index is 0.242. The summed E-state index contributed by atoms with van der Waals surface area (Å²) in [6.07, 6.45) is 3.96. The van der Waals surface area contributed by atoms with Gasteiger partial charge in [-0.25, -0.2) is 0 Å². The van der Waals surface area contributed by atoms with E-state index < -0.39 is 0 Å². The van der Waals surface area contributed by atoms with Gasteiger partial charge >= 0.3 is 0 Å². The molecule has 1 saturated heterocycles. The molecule has 3 heterocycles. The minimum Gasteiger partial charge on any atom is -0.469 e. The lowest BCUT2D eigenvalue weighted by atomic mass is 10.00. The highest BCUT2D eigenvalue weighted by Gasteiger charge is 2.32. The predicted molar refractivity (Wildman–Crippen MR) is 79.9 cm³/mol. The van der Waals surface area contributed by atoms with Crippen molar-refractivity contribution in [3.63, 3.8) is 0 Å². The molecule has 0 saturated carbocycles. The molecule has 1 aliphatic rings. The van der Waals surface area contributed by atoms with Gasteiger partial charge in [0.15, 0.2) is 0 Å². The average molecular weight is 289 g/mol. The van der Waals surface area contributed by atoms with Crippen LogP contribution in [0.5, 0.6) is 0 Å². The molecular weight excluding hydrogens is 270 g/mol. The van der Waals surface area contributed by atoms with Gasteiger partial charge in [0, 0.05) is 31.3 Å². The monoisotopic (exact) mass is 289 g/mol. The Morgan fingerprint density at radius 2 is 2.40 bits per heavy atom. The van der Waals surface area contributed by atoms with Crippen LogP contribution < -0.4 is 0 Å². The summed E-state index contributed by atoms with van der Waals surface area (Å²) in [6.45, 7) is 3.01. The molecular formula is C16H19NO2S. The molecule has 20 heavy (non-hydrogen) atoms. The van der Waals surface area contributed by atoms with E-state index in [0.29, 0.717) is 24.8 Å². The number of nitrogens with zero attached hydrogens (tertiary/aromatic N) is 1. The Bertz CT molecular complexity index is 547. The van der Waals surface area contributed by atoms with Crippen LogP contribution in [0.1, 0.15) is 37.0 Å². The van der Waals surface area contributed by atoms with Crippen LogP contribution >= 0.6 is 11.3 Å². The molecule has 0 aromatic carbocycles. The molecule has 0 aliphatic carbocycles. The fourth-order valence-corrected chi connectivity index (χ4v) is 3.70. The standard InChI is InChI=1S/C16H19NO2S/c1-12-9-14(13-6-8-20-11-13)10-17(12)16(18)5-4-15-3-2-7-19-15/h2-3,6-8,11-12,14H,4-5,9-10H2,1H3/t12-,14-/m0/s1. The number of thiophene rings is 1. The van der Waals surface area contributed by atoms with Crippen molar-refractivity contribution < 1.29 is 9.21 Å². The first-order valence-electron chi connectivity index (χ1n) is 7.08. The molecule has 0 spiro atoms. The number of rotatable bonds is 4. The number of carbonyl (C=O) groups is 1. The van der Waals surface area contributed by atoms with E-state index in [9.17, 15) is 4.79 Å². The highest BCUT2D eigenvalue weighted by molar-refractivity contribution is 7.07. The molecule has 106 valence electrons. The molecule has 1 amide bonds. The van der Waals surface area contributed by atoms with Gasteiger partial charge in [0.25, 0.3) is 0 Å². The highest BCUT2D eigenvalue weighted by atomic mass is 32.1. The Balaban J connectivity index is 1.58. The third-order valence-corrected chi connectivity index (χ3v) is 4.78. The molecule has 0 radical (unpaired) electrons. The number of hydrogen-bond acceptors (Lipinski definition) is 3. The topological polar surface area (TPSA) is 33.5 Å². The first-order valence-corrected chi connectivity index (χ1v) is 8.02. The summed E-state index contributed by atoms with van der Waals surface area (Å²) in [5, 5.41) is 4.32. The fourth-order valence-electron chi connectivity index (χ4n) is 2.96. The van der Waals surface area contributed by atoms with Crippen LogP contribution in [-0.2, 0) is 11.2 Å². The summed E-state index contributed by atoms with van der Waals surface area (Å²) >= 11 is 1.73. The van der Waals surface area contributed by atoms with Gasteiger partial charge in [0.2, 0.25) is 5.91 Å². The third kappa shape index (κ3) is 2.80. The summed E-state index contributed by atoms with van der Waals surface area (Å²) in [7, 11) is 0. The quantitative estimate of drug-likeness (QED) is 0.860. The molecule has 0 unspecified atom stereocenters. The molecule has 4 heteroatoms. The smallest absolute Gasteiger partial charge is 0.223 e. The summed E-state index contributed by atoms with van der Waals surface area (Å²) in [5.41, 5.74) is 1.38. The lowest BCUT2D eigenvalue weighted by molar-refractivity contribution is -0.131. The Labute approximate surface area is 123 Å². The van der Waals surface area contributed by atoms with Crippen molar-refractivity contribution >= 4 is 17.2 Å². The predicted octanol–water partition coefficient (Wildman–Crippen LogP) is 3.68. The number of hydrogen-bond donors (Lipinski definition) is 0. The van der Waals surface area contributed by atoms with Crippen molar-refractivity contribution in [3.8, 4) is 0 Å². The van der Waals surface area contributed by atoms with Gasteiger partial charge < -0.3 is 9.32 Å². The van der Waals surface area contributed by atoms with Gasteiger partial charge in [-0.2, -0.15) is 11.3 Å². The zero-order valence-electron chi connectivity index (χ0n) is 11.6. The summed E-state index contributed by atoms with van der Waals surface area (Å²) in [5.74, 6) is 1.63. The number of amides is 1. The van der Waals surface area contributed by atoms with Crippen LogP contribution in [0.3, 0.4) is 0 Å². The molecule has 0 N–H and O–H groups in total. The van der Waals surface area contributed by atoms with Gasteiger partial charge in [0.05, 0.1) is 6.26 Å². The van der Waals surface area contributed by atoms with Gasteiger partial charge in [-0.3, -0.25) is 4.79 Å².